The van der Waals surface area contributed by atoms with Gasteiger partial charge >= 0.3 is 0 Å². The van der Waals surface area contributed by atoms with Crippen LogP contribution in [0.3, 0.4) is 0 Å². The number of carbonyl (C=O) groups excluding carboxylic acids is 2. The molecule has 0 saturated heterocycles. The van der Waals surface area contributed by atoms with Gasteiger partial charge in [-0.1, -0.05) is 108 Å². The van der Waals surface area contributed by atoms with Crippen LogP contribution in [0.2, 0.25) is 10.0 Å². The second-order valence-electron chi connectivity index (χ2n) is 10.4. The Labute approximate surface area is 236 Å². The lowest BCUT2D eigenvalue weighted by atomic mass is 9.94. The zero-order chi connectivity index (χ0) is 27.1. The highest BCUT2D eigenvalue weighted by atomic mass is 35.5. The van der Waals surface area contributed by atoms with Gasteiger partial charge in [-0.2, -0.15) is 0 Å². The van der Waals surface area contributed by atoms with E-state index in [0.717, 1.165) is 47.9 Å². The molecule has 0 unspecified atom stereocenters. The first-order valence-electron chi connectivity index (χ1n) is 13.4. The number of nitrogens with one attached hydrogen (secondary N) is 1. The molecule has 2 amide bonds. The number of halogens is 2. The molecule has 1 aliphatic carbocycles. The van der Waals surface area contributed by atoms with Gasteiger partial charge in [0, 0.05) is 34.6 Å². The lowest BCUT2D eigenvalue weighted by molar-refractivity contribution is -0.141. The van der Waals surface area contributed by atoms with Gasteiger partial charge in [0.2, 0.25) is 11.8 Å². The van der Waals surface area contributed by atoms with Gasteiger partial charge in [-0.3, -0.25) is 9.59 Å². The van der Waals surface area contributed by atoms with Crippen LogP contribution in [0.4, 0.5) is 0 Å². The Morgan fingerprint density at radius 3 is 2.13 bits per heavy atom. The number of hydrogen-bond acceptors (Lipinski definition) is 2. The Hall–Kier alpha value is -2.82. The molecule has 1 fully saturated rings. The summed E-state index contributed by atoms with van der Waals surface area (Å²) in [6.07, 6.45) is 5.95. The second-order valence-corrected chi connectivity index (χ2v) is 11.3. The monoisotopic (exact) mass is 550 g/mol. The fourth-order valence-corrected chi connectivity index (χ4v) is 5.92. The zero-order valence-electron chi connectivity index (χ0n) is 22.2. The summed E-state index contributed by atoms with van der Waals surface area (Å²) in [6.45, 7) is 4.20. The van der Waals surface area contributed by atoms with Crippen molar-refractivity contribution in [3.63, 3.8) is 0 Å². The summed E-state index contributed by atoms with van der Waals surface area (Å²) in [6, 6.07) is 20.8. The van der Waals surface area contributed by atoms with Gasteiger partial charge in [-0.05, 0) is 49.9 Å². The van der Waals surface area contributed by atoms with Gasteiger partial charge in [0.15, 0.2) is 0 Å². The van der Waals surface area contributed by atoms with E-state index in [2.05, 4.69) is 11.4 Å². The van der Waals surface area contributed by atoms with Crippen molar-refractivity contribution in [1.82, 2.24) is 10.2 Å². The molecule has 1 saturated carbocycles. The number of aryl methyl sites for hydroxylation is 2. The molecule has 0 heterocycles. The summed E-state index contributed by atoms with van der Waals surface area (Å²) in [5, 5.41) is 4.23. The van der Waals surface area contributed by atoms with Gasteiger partial charge in [0.25, 0.3) is 0 Å². The third-order valence-electron chi connectivity index (χ3n) is 7.25. The maximum atomic E-state index is 14.1. The van der Waals surface area contributed by atoms with Crippen LogP contribution in [0.15, 0.2) is 66.7 Å². The number of benzene rings is 3. The normalized spacial score (nSPS) is 14.6. The highest BCUT2D eigenvalue weighted by molar-refractivity contribution is 6.36. The average Bonchev–Trinajstić information content (AvgIpc) is 2.88. The van der Waals surface area contributed by atoms with E-state index in [1.54, 1.807) is 23.1 Å². The zero-order valence-corrected chi connectivity index (χ0v) is 23.7. The van der Waals surface area contributed by atoms with Crippen LogP contribution in [0.5, 0.6) is 0 Å². The minimum Gasteiger partial charge on any atom is -0.352 e. The molecule has 4 rings (SSSR count). The molecule has 0 aromatic heterocycles. The highest BCUT2D eigenvalue weighted by Gasteiger charge is 2.32. The molecule has 1 atom stereocenters. The van der Waals surface area contributed by atoms with Crippen molar-refractivity contribution in [2.45, 2.75) is 77.4 Å². The first kappa shape index (κ1) is 28.2. The molecule has 38 heavy (non-hydrogen) atoms. The lowest BCUT2D eigenvalue weighted by Crippen LogP contribution is -2.53. The molecular formula is C32H36Cl2N2O2. The summed E-state index contributed by atoms with van der Waals surface area (Å²) in [5.41, 5.74) is 4.77. The van der Waals surface area contributed by atoms with Gasteiger partial charge < -0.3 is 10.2 Å². The molecule has 200 valence electrons. The van der Waals surface area contributed by atoms with Crippen molar-refractivity contribution < 1.29 is 9.59 Å². The maximum absolute atomic E-state index is 14.1. The van der Waals surface area contributed by atoms with E-state index in [0.29, 0.717) is 22.0 Å². The van der Waals surface area contributed by atoms with Crippen LogP contribution >= 0.6 is 23.2 Å². The molecule has 6 heteroatoms. The number of carbonyl (C=O) groups is 2. The molecule has 3 aromatic rings. The number of amides is 2. The molecule has 1 N–H and O–H groups in total. The predicted molar refractivity (Wildman–Crippen MR) is 156 cm³/mol. The summed E-state index contributed by atoms with van der Waals surface area (Å²) in [5.74, 6) is -0.261. The minimum absolute atomic E-state index is 0.127. The molecule has 1 aliphatic rings. The first-order chi connectivity index (χ1) is 18.3. The Kier molecular flexibility index (Phi) is 9.87. The van der Waals surface area contributed by atoms with Crippen molar-refractivity contribution >= 4 is 35.0 Å². The summed E-state index contributed by atoms with van der Waals surface area (Å²) < 4.78 is 0. The van der Waals surface area contributed by atoms with Crippen LogP contribution in [-0.2, 0) is 29.0 Å². The van der Waals surface area contributed by atoms with Gasteiger partial charge in [-0.15, -0.1) is 0 Å². The topological polar surface area (TPSA) is 49.4 Å². The molecule has 0 radical (unpaired) electrons. The van der Waals surface area contributed by atoms with Crippen molar-refractivity contribution in [2.75, 3.05) is 0 Å². The molecule has 3 aromatic carbocycles. The highest BCUT2D eigenvalue weighted by Crippen LogP contribution is 2.28. The second kappa shape index (κ2) is 13.3. The number of rotatable bonds is 9. The Morgan fingerprint density at radius 1 is 0.868 bits per heavy atom. The SMILES string of the molecule is Cc1cc(C)cc(CC(=O)N(Cc2c(Cl)cccc2Cl)[C@H](Cc2ccccc2)C(=O)NC2CCCCC2)c1. The third kappa shape index (κ3) is 7.61. The molecule has 0 spiro atoms. The van der Waals surface area contributed by atoms with Crippen molar-refractivity contribution in [3.05, 3.63) is 105 Å². The van der Waals surface area contributed by atoms with E-state index in [-0.39, 0.29) is 30.8 Å². The molecule has 4 nitrogen and oxygen atoms in total. The summed E-state index contributed by atoms with van der Waals surface area (Å²) in [4.78, 5) is 29.6. The van der Waals surface area contributed by atoms with Crippen molar-refractivity contribution in [2.24, 2.45) is 0 Å². The van der Waals surface area contributed by atoms with Crippen LogP contribution in [0, 0.1) is 13.8 Å². The van der Waals surface area contributed by atoms with Crippen LogP contribution in [0.25, 0.3) is 0 Å². The summed E-state index contributed by atoms with van der Waals surface area (Å²) in [7, 11) is 0. The van der Waals surface area contributed by atoms with E-state index in [1.807, 2.05) is 56.3 Å². The molecule has 0 bridgehead atoms. The Morgan fingerprint density at radius 2 is 1.50 bits per heavy atom. The van der Waals surface area contributed by atoms with Crippen LogP contribution < -0.4 is 5.32 Å². The van der Waals surface area contributed by atoms with Gasteiger partial charge in [0.1, 0.15) is 6.04 Å². The molecule has 0 aliphatic heterocycles. The van der Waals surface area contributed by atoms with Gasteiger partial charge in [-0.25, -0.2) is 0 Å². The van der Waals surface area contributed by atoms with Crippen LogP contribution in [-0.4, -0.2) is 28.8 Å². The van der Waals surface area contributed by atoms with Crippen LogP contribution in [0.1, 0.15) is 59.9 Å². The van der Waals surface area contributed by atoms with Crippen molar-refractivity contribution in [3.8, 4) is 0 Å². The summed E-state index contributed by atoms with van der Waals surface area (Å²) >= 11 is 13.1. The quantitative estimate of drug-likeness (QED) is 0.305. The minimum atomic E-state index is -0.704. The van der Waals surface area contributed by atoms with E-state index in [4.69, 9.17) is 23.2 Å². The largest absolute Gasteiger partial charge is 0.352 e. The van der Waals surface area contributed by atoms with Crippen molar-refractivity contribution in [1.29, 1.82) is 0 Å². The molecular weight excluding hydrogens is 515 g/mol. The predicted octanol–water partition coefficient (Wildman–Crippen LogP) is 7.24. The van der Waals surface area contributed by atoms with E-state index >= 15 is 0 Å². The average molecular weight is 552 g/mol. The maximum Gasteiger partial charge on any atom is 0.243 e. The fraction of sp³-hybridized carbons (Fsp3) is 0.375. The standard InChI is InChI=1S/C32H36Cl2N2O2/c1-22-16-23(2)18-25(17-22)20-31(37)36(21-27-28(33)14-9-15-29(27)34)30(19-24-10-5-3-6-11-24)32(38)35-26-12-7-4-8-13-26/h3,5-6,9-11,14-18,26,30H,4,7-8,12-13,19-21H2,1-2H3,(H,35,38)/t30-/m1/s1. The first-order valence-corrected chi connectivity index (χ1v) is 14.2. The smallest absolute Gasteiger partial charge is 0.243 e. The number of hydrogen-bond donors (Lipinski definition) is 1. The Balaban J connectivity index is 1.71. The lowest BCUT2D eigenvalue weighted by Gasteiger charge is -2.34. The van der Waals surface area contributed by atoms with E-state index < -0.39 is 6.04 Å². The Bertz CT molecular complexity index is 1220. The number of nitrogens with zero attached hydrogens (tertiary/aromatic N) is 1. The fourth-order valence-electron chi connectivity index (χ4n) is 5.40. The third-order valence-corrected chi connectivity index (χ3v) is 7.96. The van der Waals surface area contributed by atoms with E-state index in [1.165, 1.54) is 6.42 Å². The van der Waals surface area contributed by atoms with Gasteiger partial charge in [0.05, 0.1) is 6.42 Å². The van der Waals surface area contributed by atoms with E-state index in [9.17, 15) is 9.59 Å².